The summed E-state index contributed by atoms with van der Waals surface area (Å²) in [6.45, 7) is 2.20. The van der Waals surface area contributed by atoms with E-state index in [1.807, 2.05) is 25.1 Å². The lowest BCUT2D eigenvalue weighted by Gasteiger charge is -2.37. The number of hydrogen-bond donors (Lipinski definition) is 1. The first-order chi connectivity index (χ1) is 11.6. The third kappa shape index (κ3) is 1.86. The van der Waals surface area contributed by atoms with Crippen molar-refractivity contribution in [3.63, 3.8) is 0 Å². The highest BCUT2D eigenvalue weighted by atomic mass is 35.5. The van der Waals surface area contributed by atoms with Crippen LogP contribution in [0.2, 0.25) is 5.02 Å². The zero-order chi connectivity index (χ0) is 16.6. The van der Waals surface area contributed by atoms with Crippen molar-refractivity contribution in [3.8, 4) is 0 Å². The number of nitrogens with one attached hydrogen (secondary N) is 1. The van der Waals surface area contributed by atoms with Gasteiger partial charge in [0.15, 0.2) is 0 Å². The van der Waals surface area contributed by atoms with E-state index in [1.165, 1.54) is 11.3 Å². The average Bonchev–Trinajstić information content (AvgIpc) is 3.35. The number of imide groups is 1. The molecule has 2 bridgehead atoms. The van der Waals surface area contributed by atoms with Crippen molar-refractivity contribution in [1.29, 1.82) is 0 Å². The quantitative estimate of drug-likeness (QED) is 0.678. The number of anilines is 1. The molecule has 24 heavy (non-hydrogen) atoms. The van der Waals surface area contributed by atoms with E-state index >= 15 is 0 Å². The molecule has 1 aromatic carbocycles. The van der Waals surface area contributed by atoms with E-state index in [9.17, 15) is 9.59 Å². The SMILES string of the molecule is Cc1ccc(Cl)cc1NCN1C(=O)[C@@H]2[C@H]3C=C[C@@H]([C@@H]4C[C@H]34)[C@H]2C1=O. The van der Waals surface area contributed by atoms with E-state index in [0.29, 0.717) is 16.9 Å². The molecule has 124 valence electrons. The second kappa shape index (κ2) is 4.85. The Morgan fingerprint density at radius 3 is 2.38 bits per heavy atom. The second-order valence-electron chi connectivity index (χ2n) is 7.55. The van der Waals surface area contributed by atoms with Crippen LogP contribution < -0.4 is 5.32 Å². The van der Waals surface area contributed by atoms with Crippen LogP contribution in [0.3, 0.4) is 0 Å². The van der Waals surface area contributed by atoms with E-state index in [0.717, 1.165) is 11.3 Å². The summed E-state index contributed by atoms with van der Waals surface area (Å²) in [5, 5.41) is 3.86. The van der Waals surface area contributed by atoms with Crippen LogP contribution in [0.15, 0.2) is 30.4 Å². The van der Waals surface area contributed by atoms with Crippen LogP contribution in [0, 0.1) is 42.4 Å². The van der Waals surface area contributed by atoms with Gasteiger partial charge in [-0.3, -0.25) is 14.5 Å². The van der Waals surface area contributed by atoms with E-state index in [2.05, 4.69) is 17.5 Å². The minimum absolute atomic E-state index is 0.00174. The van der Waals surface area contributed by atoms with Gasteiger partial charge in [-0.25, -0.2) is 0 Å². The van der Waals surface area contributed by atoms with Crippen molar-refractivity contribution in [3.05, 3.63) is 40.9 Å². The molecule has 0 radical (unpaired) electrons. The van der Waals surface area contributed by atoms with Gasteiger partial charge >= 0.3 is 0 Å². The number of carbonyl (C=O) groups is 2. The summed E-state index contributed by atoms with van der Waals surface area (Å²) in [5.74, 6) is 1.58. The molecule has 0 spiro atoms. The highest BCUT2D eigenvalue weighted by Crippen LogP contribution is 2.65. The van der Waals surface area contributed by atoms with Gasteiger partial charge in [0.1, 0.15) is 0 Å². The maximum atomic E-state index is 12.9. The largest absolute Gasteiger partial charge is 0.367 e. The number of likely N-dealkylation sites (tertiary alicyclic amines) is 1. The van der Waals surface area contributed by atoms with Crippen LogP contribution in [0.1, 0.15) is 12.0 Å². The smallest absolute Gasteiger partial charge is 0.235 e. The Bertz CT molecular complexity index is 754. The summed E-state index contributed by atoms with van der Waals surface area (Å²) >= 11 is 6.04. The molecule has 2 saturated carbocycles. The number of allylic oxidation sites excluding steroid dienone is 2. The molecular formula is C19H19ClN2O2. The lowest BCUT2D eigenvalue weighted by atomic mass is 9.63. The molecule has 6 atom stereocenters. The summed E-state index contributed by atoms with van der Waals surface area (Å²) in [6, 6.07) is 5.59. The molecule has 6 rings (SSSR count). The highest BCUT2D eigenvalue weighted by molar-refractivity contribution is 6.30. The molecule has 1 aliphatic heterocycles. The zero-order valence-corrected chi connectivity index (χ0v) is 14.2. The first-order valence-corrected chi connectivity index (χ1v) is 8.97. The Balaban J connectivity index is 1.38. The first kappa shape index (κ1) is 14.5. The fourth-order valence-electron chi connectivity index (χ4n) is 5.12. The molecule has 4 aliphatic carbocycles. The molecule has 3 fully saturated rings. The first-order valence-electron chi connectivity index (χ1n) is 8.60. The normalized spacial score (nSPS) is 38.3. The van der Waals surface area contributed by atoms with Gasteiger partial charge in [-0.05, 0) is 54.7 Å². The number of carbonyl (C=O) groups excluding carboxylic acids is 2. The molecule has 0 unspecified atom stereocenters. The van der Waals surface area contributed by atoms with Crippen LogP contribution in [0.4, 0.5) is 5.69 Å². The van der Waals surface area contributed by atoms with Gasteiger partial charge in [-0.2, -0.15) is 0 Å². The molecule has 1 saturated heterocycles. The lowest BCUT2D eigenvalue weighted by Crippen LogP contribution is -2.40. The van der Waals surface area contributed by atoms with E-state index in [1.54, 1.807) is 0 Å². The number of aryl methyl sites for hydroxylation is 1. The standard InChI is InChI=1S/C19H19ClN2O2/c1-9-2-3-10(20)6-15(9)21-8-22-18(23)16-11-4-5-12(14-7-13(11)14)17(16)19(22)24/h2-6,11-14,16-17,21H,7-8H2,1H3/t11-,12-,13-,14+,16+,17+/m0/s1. The molecule has 5 heteroatoms. The Labute approximate surface area is 145 Å². The van der Waals surface area contributed by atoms with E-state index in [-0.39, 0.29) is 42.2 Å². The predicted octanol–water partition coefficient (Wildman–Crippen LogP) is 3.07. The number of hydrogen-bond acceptors (Lipinski definition) is 3. The summed E-state index contributed by atoms with van der Waals surface area (Å²) in [4.78, 5) is 27.2. The molecular weight excluding hydrogens is 324 g/mol. The van der Waals surface area contributed by atoms with Crippen LogP contribution in [-0.4, -0.2) is 23.4 Å². The zero-order valence-electron chi connectivity index (χ0n) is 13.4. The van der Waals surface area contributed by atoms with Crippen LogP contribution in [0.5, 0.6) is 0 Å². The maximum Gasteiger partial charge on any atom is 0.235 e. The summed E-state index contributed by atoms with van der Waals surface area (Å²) in [5.41, 5.74) is 1.90. The predicted molar refractivity (Wildman–Crippen MR) is 91.2 cm³/mol. The van der Waals surface area contributed by atoms with Crippen molar-refractivity contribution in [1.82, 2.24) is 4.90 Å². The van der Waals surface area contributed by atoms with E-state index < -0.39 is 0 Å². The minimum Gasteiger partial charge on any atom is -0.367 e. The highest BCUT2D eigenvalue weighted by Gasteiger charge is 2.66. The van der Waals surface area contributed by atoms with Gasteiger partial charge in [0.05, 0.1) is 18.5 Å². The summed E-state index contributed by atoms with van der Waals surface area (Å²) < 4.78 is 0. The van der Waals surface area contributed by atoms with Crippen molar-refractivity contribution >= 4 is 29.1 Å². The van der Waals surface area contributed by atoms with Gasteiger partial charge in [-0.15, -0.1) is 0 Å². The van der Waals surface area contributed by atoms with Crippen molar-refractivity contribution in [2.24, 2.45) is 35.5 Å². The Morgan fingerprint density at radius 2 is 1.75 bits per heavy atom. The third-order valence-electron chi connectivity index (χ3n) is 6.38. The number of halogens is 1. The number of nitrogens with zero attached hydrogens (tertiary/aromatic N) is 1. The number of amides is 2. The van der Waals surface area contributed by atoms with Crippen molar-refractivity contribution in [2.75, 3.05) is 12.0 Å². The molecule has 4 nitrogen and oxygen atoms in total. The van der Waals surface area contributed by atoms with Gasteiger partial charge in [-0.1, -0.05) is 29.8 Å². The summed E-state index contributed by atoms with van der Waals surface area (Å²) in [7, 11) is 0. The monoisotopic (exact) mass is 342 g/mol. The van der Waals surface area contributed by atoms with Gasteiger partial charge in [0.2, 0.25) is 11.8 Å². The van der Waals surface area contributed by atoms with E-state index in [4.69, 9.17) is 11.6 Å². The Kier molecular flexibility index (Phi) is 2.94. The molecule has 1 N–H and O–H groups in total. The molecule has 1 heterocycles. The van der Waals surface area contributed by atoms with Crippen LogP contribution in [0.25, 0.3) is 0 Å². The molecule has 2 amide bonds. The maximum absolute atomic E-state index is 12.9. The molecule has 5 aliphatic rings. The third-order valence-corrected chi connectivity index (χ3v) is 6.62. The van der Waals surface area contributed by atoms with Gasteiger partial charge in [0.25, 0.3) is 0 Å². The topological polar surface area (TPSA) is 49.4 Å². The van der Waals surface area contributed by atoms with Crippen molar-refractivity contribution in [2.45, 2.75) is 13.3 Å². The minimum atomic E-state index is -0.126. The molecule has 0 aromatic heterocycles. The fraction of sp³-hybridized carbons (Fsp3) is 0.474. The summed E-state index contributed by atoms with van der Waals surface area (Å²) in [6.07, 6.45) is 5.59. The molecule has 1 aromatic rings. The number of rotatable bonds is 3. The Hall–Kier alpha value is -1.81. The van der Waals surface area contributed by atoms with Gasteiger partial charge in [0, 0.05) is 10.7 Å². The average molecular weight is 343 g/mol. The second-order valence-corrected chi connectivity index (χ2v) is 7.99. The fourth-order valence-corrected chi connectivity index (χ4v) is 5.30. The lowest BCUT2D eigenvalue weighted by molar-refractivity contribution is -0.139. The number of benzene rings is 1. The van der Waals surface area contributed by atoms with Crippen molar-refractivity contribution < 1.29 is 9.59 Å². The Morgan fingerprint density at radius 1 is 1.12 bits per heavy atom. The van der Waals surface area contributed by atoms with Gasteiger partial charge < -0.3 is 5.32 Å². The van der Waals surface area contributed by atoms with Crippen LogP contribution in [-0.2, 0) is 9.59 Å². The van der Waals surface area contributed by atoms with Crippen LogP contribution >= 0.6 is 11.6 Å².